The molecule has 120 valence electrons. The molecule has 0 saturated heterocycles. The summed E-state index contributed by atoms with van der Waals surface area (Å²) in [4.78, 5) is 4.66. The second-order valence-corrected chi connectivity index (χ2v) is 6.30. The molecule has 4 rings (SSSR count). The second kappa shape index (κ2) is 6.25. The van der Waals surface area contributed by atoms with Gasteiger partial charge in [-0.1, -0.05) is 41.7 Å². The van der Waals surface area contributed by atoms with Crippen LogP contribution in [0.25, 0.3) is 16.9 Å². The van der Waals surface area contributed by atoms with E-state index >= 15 is 0 Å². The molecule has 0 amide bonds. The minimum atomic E-state index is 0.495. The highest BCUT2D eigenvalue weighted by atomic mass is 32.1. The van der Waals surface area contributed by atoms with Crippen LogP contribution in [0.2, 0.25) is 0 Å². The van der Waals surface area contributed by atoms with Crippen LogP contribution in [0.5, 0.6) is 0 Å². The van der Waals surface area contributed by atoms with Gasteiger partial charge in [-0.25, -0.2) is 4.98 Å². The normalized spacial score (nSPS) is 11.0. The number of nitrogens with zero attached hydrogens (tertiary/aromatic N) is 5. The molecule has 4 aromatic rings. The van der Waals surface area contributed by atoms with Crippen molar-refractivity contribution in [3.05, 3.63) is 53.7 Å². The molecule has 3 N–H and O–H groups in total. The van der Waals surface area contributed by atoms with Crippen molar-refractivity contribution in [2.24, 2.45) is 0 Å². The van der Waals surface area contributed by atoms with Crippen LogP contribution >= 0.6 is 11.3 Å². The lowest BCUT2D eigenvalue weighted by Gasteiger charge is -2.10. The molecule has 24 heavy (non-hydrogen) atoms. The highest BCUT2D eigenvalue weighted by Gasteiger charge is 2.08. The summed E-state index contributed by atoms with van der Waals surface area (Å²) in [5, 5.41) is 17.0. The van der Waals surface area contributed by atoms with Crippen molar-refractivity contribution < 1.29 is 0 Å². The number of nitrogen functional groups attached to an aromatic ring is 1. The van der Waals surface area contributed by atoms with Gasteiger partial charge in [-0.2, -0.15) is 9.61 Å². The summed E-state index contributed by atoms with van der Waals surface area (Å²) in [5.74, 6) is 0.890. The van der Waals surface area contributed by atoms with E-state index in [1.807, 2.05) is 42.5 Å². The highest BCUT2D eigenvalue weighted by molar-refractivity contribution is 7.15. The van der Waals surface area contributed by atoms with Gasteiger partial charge in [-0.05, 0) is 0 Å². The van der Waals surface area contributed by atoms with Crippen LogP contribution in [0.1, 0.15) is 5.01 Å². The maximum Gasteiger partial charge on any atom is 0.203 e. The molecule has 0 bridgehead atoms. The zero-order chi connectivity index (χ0) is 16.4. The number of hydrogen-bond donors (Lipinski definition) is 2. The number of nitrogens with two attached hydrogens (primary N) is 1. The molecule has 0 aliphatic heterocycles. The Morgan fingerprint density at radius 3 is 2.79 bits per heavy atom. The number of aromatic nitrogens is 5. The van der Waals surface area contributed by atoms with E-state index in [1.54, 1.807) is 10.7 Å². The fraction of sp³-hybridized carbons (Fsp3) is 0.125. The topological polar surface area (TPSA) is 94.0 Å². The zero-order valence-electron chi connectivity index (χ0n) is 12.8. The minimum Gasteiger partial charge on any atom is -0.374 e. The molecule has 0 saturated carbocycles. The van der Waals surface area contributed by atoms with E-state index in [-0.39, 0.29) is 0 Å². The molecule has 7 nitrogen and oxygen atoms in total. The van der Waals surface area contributed by atoms with Crippen LogP contribution in [0.15, 0.2) is 48.7 Å². The summed E-state index contributed by atoms with van der Waals surface area (Å²) in [6, 6.07) is 14.0. The van der Waals surface area contributed by atoms with E-state index in [1.165, 1.54) is 11.3 Å². The van der Waals surface area contributed by atoms with Gasteiger partial charge in [-0.3, -0.25) is 0 Å². The Hall–Kier alpha value is -3.00. The second-order valence-electron chi connectivity index (χ2n) is 5.20. The lowest BCUT2D eigenvalue weighted by atomic mass is 10.1. The van der Waals surface area contributed by atoms with E-state index < -0.39 is 0 Å². The molecule has 1 aromatic carbocycles. The van der Waals surface area contributed by atoms with Crippen LogP contribution < -0.4 is 11.1 Å². The Morgan fingerprint density at radius 1 is 1.12 bits per heavy atom. The van der Waals surface area contributed by atoms with Gasteiger partial charge >= 0.3 is 0 Å². The van der Waals surface area contributed by atoms with Gasteiger partial charge in [0.05, 0.1) is 11.9 Å². The van der Waals surface area contributed by atoms with Gasteiger partial charge < -0.3 is 11.1 Å². The molecular weight excluding hydrogens is 322 g/mol. The summed E-state index contributed by atoms with van der Waals surface area (Å²) in [6.07, 6.45) is 2.49. The van der Waals surface area contributed by atoms with E-state index in [0.29, 0.717) is 11.7 Å². The van der Waals surface area contributed by atoms with Gasteiger partial charge in [-0.15, -0.1) is 10.2 Å². The van der Waals surface area contributed by atoms with E-state index in [0.717, 1.165) is 34.2 Å². The van der Waals surface area contributed by atoms with Gasteiger partial charge in [0.1, 0.15) is 10.8 Å². The molecule has 0 spiro atoms. The summed E-state index contributed by atoms with van der Waals surface area (Å²) >= 11 is 1.41. The first-order valence-electron chi connectivity index (χ1n) is 7.51. The number of nitrogens with one attached hydrogen (secondary N) is 1. The first-order valence-corrected chi connectivity index (χ1v) is 8.33. The number of benzene rings is 1. The lowest BCUT2D eigenvalue weighted by molar-refractivity contribution is 0.899. The largest absolute Gasteiger partial charge is 0.374 e. The smallest absolute Gasteiger partial charge is 0.203 e. The number of hydrogen-bond acceptors (Lipinski definition) is 7. The fourth-order valence-electron chi connectivity index (χ4n) is 2.46. The van der Waals surface area contributed by atoms with E-state index in [9.17, 15) is 0 Å². The van der Waals surface area contributed by atoms with Gasteiger partial charge in [0.2, 0.25) is 5.13 Å². The van der Waals surface area contributed by atoms with Crippen LogP contribution in [-0.2, 0) is 6.42 Å². The van der Waals surface area contributed by atoms with E-state index in [4.69, 9.17) is 5.73 Å². The third-order valence-corrected chi connectivity index (χ3v) is 4.37. The first kappa shape index (κ1) is 14.6. The van der Waals surface area contributed by atoms with Crippen LogP contribution in [0.4, 0.5) is 10.9 Å². The van der Waals surface area contributed by atoms with Gasteiger partial charge in [0.15, 0.2) is 5.65 Å². The Morgan fingerprint density at radius 2 is 2.00 bits per heavy atom. The van der Waals surface area contributed by atoms with Crippen molar-refractivity contribution in [3.8, 4) is 11.3 Å². The molecule has 8 heteroatoms. The van der Waals surface area contributed by atoms with Crippen molar-refractivity contribution in [3.63, 3.8) is 0 Å². The highest BCUT2D eigenvalue weighted by Crippen LogP contribution is 2.22. The summed E-state index contributed by atoms with van der Waals surface area (Å²) in [7, 11) is 0. The van der Waals surface area contributed by atoms with Crippen molar-refractivity contribution in [2.75, 3.05) is 17.6 Å². The van der Waals surface area contributed by atoms with Crippen LogP contribution in [0, 0.1) is 0 Å². The Balaban J connectivity index is 1.60. The predicted molar refractivity (Wildman–Crippen MR) is 94.9 cm³/mol. The number of rotatable bonds is 5. The first-order chi connectivity index (χ1) is 11.8. The third-order valence-electron chi connectivity index (χ3n) is 3.56. The maximum absolute atomic E-state index is 5.61. The predicted octanol–water partition coefficient (Wildman–Crippen LogP) is 2.48. The standard InChI is InChI=1S/C16H15N7S/c17-16-22-21-15(24-16)7-8-18-14-10-12(11-4-2-1-3-5-11)20-13-6-9-19-23(13)14/h1-6,9-10,18H,7-8H2,(H2,17,22). The molecule has 0 aliphatic rings. The number of fused-ring (bicyclic) bond motifs is 1. The molecular formula is C16H15N7S. The number of anilines is 2. The third kappa shape index (κ3) is 2.91. The van der Waals surface area contributed by atoms with E-state index in [2.05, 4.69) is 25.6 Å². The Kier molecular flexibility index (Phi) is 3.80. The summed E-state index contributed by atoms with van der Waals surface area (Å²) in [5.41, 5.74) is 8.39. The molecule has 0 aliphatic carbocycles. The SMILES string of the molecule is Nc1nnc(CCNc2cc(-c3ccccc3)nc3ccnn23)s1. The Labute approximate surface area is 142 Å². The molecule has 0 fully saturated rings. The van der Waals surface area contributed by atoms with Crippen molar-refractivity contribution in [2.45, 2.75) is 6.42 Å². The van der Waals surface area contributed by atoms with Gasteiger partial charge in [0.25, 0.3) is 0 Å². The van der Waals surface area contributed by atoms with Crippen LogP contribution in [0.3, 0.4) is 0 Å². The molecule has 0 unspecified atom stereocenters. The minimum absolute atomic E-state index is 0.495. The quantitative estimate of drug-likeness (QED) is 0.581. The van der Waals surface area contributed by atoms with Crippen molar-refractivity contribution in [1.82, 2.24) is 24.8 Å². The molecule has 0 atom stereocenters. The molecule has 0 radical (unpaired) electrons. The van der Waals surface area contributed by atoms with Crippen molar-refractivity contribution in [1.29, 1.82) is 0 Å². The maximum atomic E-state index is 5.61. The van der Waals surface area contributed by atoms with Gasteiger partial charge in [0, 0.05) is 30.7 Å². The Bertz CT molecular complexity index is 961. The summed E-state index contributed by atoms with van der Waals surface area (Å²) < 4.78 is 1.79. The fourth-order valence-corrected chi connectivity index (χ4v) is 3.07. The summed E-state index contributed by atoms with van der Waals surface area (Å²) in [6.45, 7) is 0.710. The average molecular weight is 337 g/mol. The average Bonchev–Trinajstić information content (AvgIpc) is 3.24. The van der Waals surface area contributed by atoms with Crippen LogP contribution in [-0.4, -0.2) is 31.3 Å². The monoisotopic (exact) mass is 337 g/mol. The van der Waals surface area contributed by atoms with Crippen molar-refractivity contribution >= 4 is 27.9 Å². The zero-order valence-corrected chi connectivity index (χ0v) is 13.6. The molecule has 3 aromatic heterocycles. The molecule has 3 heterocycles. The lowest BCUT2D eigenvalue weighted by Crippen LogP contribution is -2.10.